The fourth-order valence-electron chi connectivity index (χ4n) is 5.04. The number of fused-ring (bicyclic) bond motifs is 4. The summed E-state index contributed by atoms with van der Waals surface area (Å²) in [6, 6.07) is 15.4. The van der Waals surface area contributed by atoms with Crippen LogP contribution < -0.4 is 9.47 Å². The molecule has 1 fully saturated rings. The van der Waals surface area contributed by atoms with Gasteiger partial charge in [-0.2, -0.15) is 0 Å². The first kappa shape index (κ1) is 22.8. The van der Waals surface area contributed by atoms with Gasteiger partial charge in [-0.1, -0.05) is 17.7 Å². The molecule has 3 aromatic rings. The van der Waals surface area contributed by atoms with Gasteiger partial charge in [0.25, 0.3) is 5.91 Å². The van der Waals surface area contributed by atoms with Crippen LogP contribution in [0.15, 0.2) is 54.7 Å². The molecule has 1 spiro atoms. The second-order valence-corrected chi connectivity index (χ2v) is 9.83. The Balaban J connectivity index is 1.37. The van der Waals surface area contributed by atoms with Gasteiger partial charge in [0.05, 0.1) is 24.1 Å². The number of ether oxygens (including phenoxy) is 3. The summed E-state index contributed by atoms with van der Waals surface area (Å²) in [6.07, 6.45) is 3.44. The average molecular weight is 481 g/mol. The Labute approximate surface area is 205 Å². The molecule has 0 atom stereocenters. The summed E-state index contributed by atoms with van der Waals surface area (Å²) in [5, 5.41) is 0.645. The normalized spacial score (nSPS) is 16.6. The van der Waals surface area contributed by atoms with Gasteiger partial charge in [0.15, 0.2) is 5.60 Å². The van der Waals surface area contributed by atoms with Crippen LogP contribution in [0.5, 0.6) is 11.5 Å². The van der Waals surface area contributed by atoms with Gasteiger partial charge >= 0.3 is 0 Å². The van der Waals surface area contributed by atoms with Crippen molar-refractivity contribution in [3.05, 3.63) is 76.6 Å². The number of benzene rings is 2. The molecule has 0 unspecified atom stereocenters. The van der Waals surface area contributed by atoms with Crippen LogP contribution in [0, 0.1) is 0 Å². The molecule has 0 N–H and O–H groups in total. The number of hydrogen-bond donors (Lipinski definition) is 0. The van der Waals surface area contributed by atoms with Crippen molar-refractivity contribution in [2.45, 2.75) is 37.9 Å². The van der Waals surface area contributed by atoms with Gasteiger partial charge < -0.3 is 23.7 Å². The summed E-state index contributed by atoms with van der Waals surface area (Å²) in [5.74, 6) is 1.41. The summed E-state index contributed by atoms with van der Waals surface area (Å²) in [4.78, 5) is 15.3. The topological polar surface area (TPSA) is 52.9 Å². The van der Waals surface area contributed by atoms with Crippen LogP contribution in [0.3, 0.4) is 0 Å². The smallest absolute Gasteiger partial charge is 0.253 e. The minimum atomic E-state index is -0.517. The summed E-state index contributed by atoms with van der Waals surface area (Å²) in [5.41, 5.74) is 2.61. The van der Waals surface area contributed by atoms with Crippen molar-refractivity contribution in [1.82, 2.24) is 9.47 Å². The van der Waals surface area contributed by atoms with E-state index in [2.05, 4.69) is 16.8 Å². The van der Waals surface area contributed by atoms with E-state index in [9.17, 15) is 4.79 Å². The molecular weight excluding hydrogens is 452 g/mol. The molecule has 34 heavy (non-hydrogen) atoms. The molecule has 2 aliphatic heterocycles. The molecule has 2 aliphatic rings. The molecule has 1 amide bonds. The summed E-state index contributed by atoms with van der Waals surface area (Å²) >= 11 is 6.25. The van der Waals surface area contributed by atoms with Crippen molar-refractivity contribution < 1.29 is 19.0 Å². The van der Waals surface area contributed by atoms with Crippen LogP contribution in [-0.2, 0) is 15.9 Å². The maximum absolute atomic E-state index is 13.4. The molecule has 1 saturated heterocycles. The highest BCUT2D eigenvalue weighted by Crippen LogP contribution is 2.46. The number of piperidine rings is 1. The SMILES string of the molecule is COc1cc(C(=O)N2CCC3(CC2)Oc2cc(Cl)ccc2-n2cccc23)ccc1C(C)(C)OC. The Bertz CT molecular complexity index is 1240. The molecule has 0 saturated carbocycles. The lowest BCUT2D eigenvalue weighted by Crippen LogP contribution is -2.50. The molecule has 2 aromatic carbocycles. The van der Waals surface area contributed by atoms with Crippen LogP contribution in [0.4, 0.5) is 0 Å². The van der Waals surface area contributed by atoms with Crippen LogP contribution >= 0.6 is 11.6 Å². The Morgan fingerprint density at radius 3 is 2.56 bits per heavy atom. The standard InChI is InChI=1S/C27H29ClN2O4/c1-26(2,33-4)20-9-7-18(16-22(20)32-3)25(31)29-14-11-27(12-15-29)24-6-5-13-30(24)21-10-8-19(28)17-23(21)34-27/h5-10,13,16-17H,11-12,14-15H2,1-4H3. The molecule has 1 aromatic heterocycles. The quantitative estimate of drug-likeness (QED) is 0.491. The van der Waals surface area contributed by atoms with Crippen LogP contribution in [0.25, 0.3) is 5.69 Å². The number of methoxy groups -OCH3 is 2. The van der Waals surface area contributed by atoms with E-state index in [1.165, 1.54) is 0 Å². The van der Waals surface area contributed by atoms with Gasteiger partial charge in [-0.05, 0) is 50.2 Å². The molecule has 0 aliphatic carbocycles. The molecule has 0 radical (unpaired) electrons. The number of hydrogen-bond acceptors (Lipinski definition) is 4. The van der Waals surface area contributed by atoms with E-state index in [-0.39, 0.29) is 5.91 Å². The lowest BCUT2D eigenvalue weighted by atomic mass is 9.86. The van der Waals surface area contributed by atoms with E-state index in [0.717, 1.165) is 22.7 Å². The van der Waals surface area contributed by atoms with Gasteiger partial charge in [-0.15, -0.1) is 0 Å². The third kappa shape index (κ3) is 3.65. The van der Waals surface area contributed by atoms with E-state index in [1.54, 1.807) is 14.2 Å². The van der Waals surface area contributed by atoms with E-state index < -0.39 is 11.2 Å². The summed E-state index contributed by atoms with van der Waals surface area (Å²) in [7, 11) is 3.28. The summed E-state index contributed by atoms with van der Waals surface area (Å²) in [6.45, 7) is 5.13. The fraction of sp³-hybridized carbons (Fsp3) is 0.370. The van der Waals surface area contributed by atoms with E-state index in [0.29, 0.717) is 42.3 Å². The number of aromatic nitrogens is 1. The zero-order valence-electron chi connectivity index (χ0n) is 19.9. The molecule has 3 heterocycles. The van der Waals surface area contributed by atoms with Crippen molar-refractivity contribution in [2.75, 3.05) is 27.3 Å². The number of nitrogens with zero attached hydrogens (tertiary/aromatic N) is 2. The molecule has 6 nitrogen and oxygen atoms in total. The largest absolute Gasteiger partial charge is 0.496 e. The summed E-state index contributed by atoms with van der Waals surface area (Å²) < 4.78 is 20.0. The van der Waals surface area contributed by atoms with Crippen molar-refractivity contribution >= 4 is 17.5 Å². The molecular formula is C27H29ClN2O4. The van der Waals surface area contributed by atoms with Crippen molar-refractivity contribution in [2.24, 2.45) is 0 Å². The highest BCUT2D eigenvalue weighted by Gasteiger charge is 2.44. The minimum absolute atomic E-state index is 0.00967. The first-order chi connectivity index (χ1) is 16.3. The highest BCUT2D eigenvalue weighted by molar-refractivity contribution is 6.30. The van der Waals surface area contributed by atoms with Crippen molar-refractivity contribution in [3.8, 4) is 17.2 Å². The number of amides is 1. The maximum atomic E-state index is 13.4. The van der Waals surface area contributed by atoms with Crippen molar-refractivity contribution in [3.63, 3.8) is 0 Å². The Morgan fingerprint density at radius 2 is 1.85 bits per heavy atom. The van der Waals surface area contributed by atoms with Gasteiger partial charge in [0, 0.05) is 61.5 Å². The number of carbonyl (C=O) groups excluding carboxylic acids is 1. The predicted molar refractivity (Wildman–Crippen MR) is 131 cm³/mol. The van der Waals surface area contributed by atoms with Gasteiger partial charge in [0.1, 0.15) is 11.5 Å². The first-order valence-electron chi connectivity index (χ1n) is 11.5. The van der Waals surface area contributed by atoms with Crippen molar-refractivity contribution in [1.29, 1.82) is 0 Å². The zero-order valence-corrected chi connectivity index (χ0v) is 20.7. The number of rotatable bonds is 4. The third-order valence-electron chi connectivity index (χ3n) is 7.17. The average Bonchev–Trinajstić information content (AvgIpc) is 3.35. The van der Waals surface area contributed by atoms with E-state index in [1.807, 2.05) is 61.2 Å². The first-order valence-corrected chi connectivity index (χ1v) is 11.9. The van der Waals surface area contributed by atoms with Gasteiger partial charge in [-0.25, -0.2) is 0 Å². The number of likely N-dealkylation sites (tertiary alicyclic amines) is 1. The lowest BCUT2D eigenvalue weighted by Gasteiger charge is -2.45. The van der Waals surface area contributed by atoms with Gasteiger partial charge in [0.2, 0.25) is 0 Å². The third-order valence-corrected chi connectivity index (χ3v) is 7.40. The van der Waals surface area contributed by atoms with Gasteiger partial charge in [-0.3, -0.25) is 4.79 Å². The lowest BCUT2D eigenvalue weighted by molar-refractivity contribution is -0.00934. The van der Waals surface area contributed by atoms with Crippen LogP contribution in [0.2, 0.25) is 5.02 Å². The van der Waals surface area contributed by atoms with E-state index in [4.69, 9.17) is 25.8 Å². The van der Waals surface area contributed by atoms with Crippen LogP contribution in [0.1, 0.15) is 48.3 Å². The highest BCUT2D eigenvalue weighted by atomic mass is 35.5. The Hall–Kier alpha value is -2.96. The molecule has 0 bridgehead atoms. The number of carbonyl (C=O) groups is 1. The maximum Gasteiger partial charge on any atom is 0.253 e. The minimum Gasteiger partial charge on any atom is -0.496 e. The predicted octanol–water partition coefficient (Wildman–Crippen LogP) is 5.54. The van der Waals surface area contributed by atoms with E-state index >= 15 is 0 Å². The second-order valence-electron chi connectivity index (χ2n) is 9.39. The number of halogens is 1. The van der Waals surface area contributed by atoms with Crippen LogP contribution in [-0.4, -0.2) is 42.7 Å². The second kappa shape index (κ2) is 8.36. The Morgan fingerprint density at radius 1 is 1.09 bits per heavy atom. The molecule has 5 rings (SSSR count). The zero-order chi connectivity index (χ0) is 24.1. The molecule has 7 heteroatoms. The monoisotopic (exact) mass is 480 g/mol. The molecule has 178 valence electrons. The fourth-order valence-corrected chi connectivity index (χ4v) is 5.20. The Kier molecular flexibility index (Phi) is 5.61.